The highest BCUT2D eigenvalue weighted by Gasteiger charge is 2.25. The van der Waals surface area contributed by atoms with Gasteiger partial charge in [-0.1, -0.05) is 0 Å². The maximum Gasteiger partial charge on any atom is 0.492 e. The Morgan fingerprint density at radius 3 is 2.25 bits per heavy atom. The van der Waals surface area contributed by atoms with Crippen molar-refractivity contribution in [2.45, 2.75) is 18.8 Å². The zero-order chi connectivity index (χ0) is 9.61. The summed E-state index contributed by atoms with van der Waals surface area (Å²) < 4.78 is 4.58. The normalized spacial score (nSPS) is 14.8. The fraction of sp³-hybridized carbons (Fsp3) is 1.00. The third-order valence-electron chi connectivity index (χ3n) is 1.12. The first kappa shape index (κ1) is 12.0. The van der Waals surface area contributed by atoms with Crippen LogP contribution in [0.1, 0.15) is 6.42 Å². The first-order valence-corrected chi connectivity index (χ1v) is 5.58. The Balaban J connectivity index is 3.22. The van der Waals surface area contributed by atoms with Crippen LogP contribution in [-0.2, 0) is 4.74 Å². The van der Waals surface area contributed by atoms with Gasteiger partial charge in [-0.25, -0.2) is 0 Å². The van der Waals surface area contributed by atoms with Gasteiger partial charge in [0.2, 0.25) is 0 Å². The lowest BCUT2D eigenvalue weighted by Gasteiger charge is -2.11. The molecule has 5 N–H and O–H groups in total. The number of hydrogen-bond donors (Lipinski definition) is 5. The van der Waals surface area contributed by atoms with Crippen molar-refractivity contribution in [2.75, 3.05) is 13.2 Å². The zero-order valence-electron chi connectivity index (χ0n) is 6.55. The lowest BCUT2D eigenvalue weighted by Crippen LogP contribution is -2.34. The minimum absolute atomic E-state index is 0.0676. The summed E-state index contributed by atoms with van der Waals surface area (Å²) in [6.45, 7) is -0.432. The Hall–Kier alpha value is -0.0231. The van der Waals surface area contributed by atoms with E-state index >= 15 is 0 Å². The van der Waals surface area contributed by atoms with Crippen LogP contribution < -0.4 is 0 Å². The average molecular weight is 198 g/mol. The Labute approximate surface area is 71.0 Å². The summed E-state index contributed by atoms with van der Waals surface area (Å²) in [5.74, 6) is 0. The van der Waals surface area contributed by atoms with Crippen molar-refractivity contribution in [2.24, 2.45) is 0 Å². The molecule has 0 amide bonds. The molecule has 1 atom stereocenters. The molecule has 74 valence electrons. The summed E-state index contributed by atoms with van der Waals surface area (Å²) in [5, 5.41) is 16.9. The van der Waals surface area contributed by atoms with Crippen molar-refractivity contribution in [3.63, 3.8) is 0 Å². The van der Waals surface area contributed by atoms with E-state index in [1.807, 2.05) is 0 Å². The monoisotopic (exact) mass is 198 g/mol. The predicted octanol–water partition coefficient (Wildman–Crippen LogP) is -2.38. The zero-order valence-corrected chi connectivity index (χ0v) is 7.55. The third kappa shape index (κ3) is 8.08. The van der Waals surface area contributed by atoms with Crippen LogP contribution in [0.4, 0.5) is 0 Å². The maximum absolute atomic E-state index is 8.64. The highest BCUT2D eigenvalue weighted by molar-refractivity contribution is 6.56. The van der Waals surface area contributed by atoms with E-state index in [0.717, 1.165) is 0 Å². The van der Waals surface area contributed by atoms with E-state index in [4.69, 9.17) is 24.6 Å². The lowest BCUT2D eigenvalue weighted by molar-refractivity contribution is -0.124. The van der Waals surface area contributed by atoms with E-state index in [9.17, 15) is 0 Å². The van der Waals surface area contributed by atoms with Gasteiger partial charge in [0.15, 0.2) is 6.29 Å². The van der Waals surface area contributed by atoms with Gasteiger partial charge in [-0.05, 0) is 6.42 Å². The van der Waals surface area contributed by atoms with Crippen molar-refractivity contribution in [1.29, 1.82) is 0 Å². The molecule has 0 aromatic rings. The Morgan fingerprint density at radius 1 is 1.25 bits per heavy atom. The number of rotatable bonds is 6. The SMILES string of the molecule is OCC(O)OCCC[Si](O)(O)O. The van der Waals surface area contributed by atoms with Crippen LogP contribution in [0.15, 0.2) is 0 Å². The molecule has 7 heteroatoms. The van der Waals surface area contributed by atoms with E-state index in [-0.39, 0.29) is 19.1 Å². The number of ether oxygens (including phenoxy) is 1. The third-order valence-corrected chi connectivity index (χ3v) is 2.15. The summed E-state index contributed by atoms with van der Waals surface area (Å²) in [6, 6.07) is -0.134. The van der Waals surface area contributed by atoms with Crippen LogP contribution >= 0.6 is 0 Å². The molecule has 0 spiro atoms. The molecule has 1 unspecified atom stereocenters. The minimum atomic E-state index is -3.96. The Kier molecular flexibility index (Phi) is 5.58. The molecule has 0 saturated heterocycles. The van der Waals surface area contributed by atoms with E-state index in [1.54, 1.807) is 0 Å². The number of aliphatic hydroxyl groups is 2. The summed E-state index contributed by atoms with van der Waals surface area (Å²) >= 11 is 0. The molecular formula is C5H14O6Si. The first-order chi connectivity index (χ1) is 5.45. The molecule has 0 heterocycles. The van der Waals surface area contributed by atoms with E-state index in [0.29, 0.717) is 0 Å². The van der Waals surface area contributed by atoms with Crippen LogP contribution in [0.3, 0.4) is 0 Å². The number of hydrogen-bond acceptors (Lipinski definition) is 6. The van der Waals surface area contributed by atoms with Crippen molar-refractivity contribution in [3.05, 3.63) is 0 Å². The van der Waals surface area contributed by atoms with Gasteiger partial charge in [0, 0.05) is 12.7 Å². The smallest absolute Gasteiger partial charge is 0.391 e. The Bertz CT molecular complexity index is 113. The van der Waals surface area contributed by atoms with Crippen LogP contribution in [0.5, 0.6) is 0 Å². The van der Waals surface area contributed by atoms with Gasteiger partial charge in [-0.3, -0.25) is 0 Å². The van der Waals surface area contributed by atoms with Gasteiger partial charge in [0.25, 0.3) is 0 Å². The molecule has 6 nitrogen and oxygen atoms in total. The van der Waals surface area contributed by atoms with E-state index in [1.165, 1.54) is 0 Å². The second-order valence-corrected chi connectivity index (χ2v) is 4.43. The van der Waals surface area contributed by atoms with Crippen molar-refractivity contribution in [1.82, 2.24) is 0 Å². The first-order valence-electron chi connectivity index (χ1n) is 3.53. The summed E-state index contributed by atoms with van der Waals surface area (Å²) in [6.07, 6.45) is -1.01. The largest absolute Gasteiger partial charge is 0.492 e. The minimum Gasteiger partial charge on any atom is -0.391 e. The van der Waals surface area contributed by atoms with Gasteiger partial charge in [-0.2, -0.15) is 0 Å². The van der Waals surface area contributed by atoms with Gasteiger partial charge in [0.05, 0.1) is 6.61 Å². The molecule has 12 heavy (non-hydrogen) atoms. The van der Waals surface area contributed by atoms with E-state index in [2.05, 4.69) is 4.74 Å². The second kappa shape index (κ2) is 5.59. The summed E-state index contributed by atoms with van der Waals surface area (Å²) in [4.78, 5) is 25.6. The van der Waals surface area contributed by atoms with E-state index < -0.39 is 21.7 Å². The molecule has 0 aliphatic heterocycles. The lowest BCUT2D eigenvalue weighted by atomic mass is 10.5. The molecule has 0 aromatic carbocycles. The predicted molar refractivity (Wildman–Crippen MR) is 40.9 cm³/mol. The van der Waals surface area contributed by atoms with Crippen LogP contribution in [0.2, 0.25) is 6.04 Å². The number of aliphatic hydroxyl groups excluding tert-OH is 2. The highest BCUT2D eigenvalue weighted by Crippen LogP contribution is 2.01. The van der Waals surface area contributed by atoms with Gasteiger partial charge in [0.1, 0.15) is 0 Å². The van der Waals surface area contributed by atoms with Crippen LogP contribution in [-0.4, -0.2) is 52.9 Å². The standard InChI is InChI=1S/C5H14O6Si/c6-4-5(7)11-2-1-3-12(8,9)10/h5-10H,1-4H2. The fourth-order valence-electron chi connectivity index (χ4n) is 0.581. The quantitative estimate of drug-likeness (QED) is 0.185. The molecular weight excluding hydrogens is 184 g/mol. The molecule has 0 bridgehead atoms. The molecule has 0 rings (SSSR count). The molecule has 0 radical (unpaired) electrons. The van der Waals surface area contributed by atoms with Gasteiger partial charge >= 0.3 is 8.80 Å². The van der Waals surface area contributed by atoms with Gasteiger partial charge in [-0.15, -0.1) is 0 Å². The fourth-order valence-corrected chi connectivity index (χ4v) is 1.20. The molecule has 0 saturated carbocycles. The molecule has 0 aromatic heterocycles. The van der Waals surface area contributed by atoms with Crippen molar-refractivity contribution >= 4 is 8.80 Å². The molecule has 0 aliphatic carbocycles. The Morgan fingerprint density at radius 2 is 1.83 bits per heavy atom. The highest BCUT2D eigenvalue weighted by atomic mass is 28.4. The summed E-state index contributed by atoms with van der Waals surface area (Å²) in [7, 11) is -3.96. The van der Waals surface area contributed by atoms with Crippen LogP contribution in [0, 0.1) is 0 Å². The van der Waals surface area contributed by atoms with Crippen LogP contribution in [0.25, 0.3) is 0 Å². The average Bonchev–Trinajstić information content (AvgIpc) is 1.96. The second-order valence-electron chi connectivity index (χ2n) is 2.39. The molecule has 0 aliphatic rings. The van der Waals surface area contributed by atoms with Gasteiger partial charge < -0.3 is 29.3 Å². The topological polar surface area (TPSA) is 110 Å². The van der Waals surface area contributed by atoms with Crippen molar-refractivity contribution < 1.29 is 29.3 Å². The maximum atomic E-state index is 8.64. The molecule has 0 fully saturated rings. The summed E-state index contributed by atoms with van der Waals surface area (Å²) in [5.41, 5.74) is 0. The van der Waals surface area contributed by atoms with Crippen molar-refractivity contribution in [3.8, 4) is 0 Å².